The van der Waals surface area contributed by atoms with Crippen molar-refractivity contribution in [3.05, 3.63) is 33.0 Å². The van der Waals surface area contributed by atoms with Crippen LogP contribution in [0.15, 0.2) is 5.38 Å². The van der Waals surface area contributed by atoms with E-state index < -0.39 is 0 Å². The fourth-order valence-corrected chi connectivity index (χ4v) is 3.44. The number of hydrogen-bond acceptors (Lipinski definition) is 5. The van der Waals surface area contributed by atoms with Crippen molar-refractivity contribution in [3.8, 4) is 0 Å². The van der Waals surface area contributed by atoms with E-state index in [1.54, 1.807) is 11.3 Å². The summed E-state index contributed by atoms with van der Waals surface area (Å²) in [6.45, 7) is 2.11. The summed E-state index contributed by atoms with van der Waals surface area (Å²) in [5.41, 5.74) is 3.77. The summed E-state index contributed by atoms with van der Waals surface area (Å²) in [6.07, 6.45) is 3.40. The molecule has 110 valence electrons. The number of thiazole rings is 1. The normalized spacial score (nSPS) is 17.5. The van der Waals surface area contributed by atoms with E-state index in [-0.39, 0.29) is 5.91 Å². The second kappa shape index (κ2) is 5.23. The van der Waals surface area contributed by atoms with Gasteiger partial charge in [0.2, 0.25) is 0 Å². The molecule has 2 aliphatic rings. The third-order valence-corrected chi connectivity index (χ3v) is 4.85. The van der Waals surface area contributed by atoms with Crippen LogP contribution >= 0.6 is 11.3 Å². The Labute approximate surface area is 126 Å². The molecular formula is C14H17N5OS. The van der Waals surface area contributed by atoms with Gasteiger partial charge in [-0.05, 0) is 12.8 Å². The molecule has 6 nitrogen and oxygen atoms in total. The van der Waals surface area contributed by atoms with Gasteiger partial charge in [0.15, 0.2) is 5.69 Å². The van der Waals surface area contributed by atoms with Gasteiger partial charge >= 0.3 is 0 Å². The third-order valence-electron chi connectivity index (χ3n) is 3.99. The maximum atomic E-state index is 12.3. The molecule has 0 atom stereocenters. The van der Waals surface area contributed by atoms with Gasteiger partial charge < -0.3 is 10.6 Å². The Morgan fingerprint density at radius 3 is 3.24 bits per heavy atom. The van der Waals surface area contributed by atoms with E-state index >= 15 is 0 Å². The number of hydrogen-bond donors (Lipinski definition) is 3. The highest BCUT2D eigenvalue weighted by atomic mass is 32.1. The number of nitrogens with zero attached hydrogens (tertiary/aromatic N) is 2. The molecular weight excluding hydrogens is 286 g/mol. The molecule has 0 unspecified atom stereocenters. The van der Waals surface area contributed by atoms with Crippen molar-refractivity contribution in [2.45, 2.75) is 38.3 Å². The van der Waals surface area contributed by atoms with Crippen LogP contribution < -0.4 is 10.6 Å². The molecule has 0 bridgehead atoms. The van der Waals surface area contributed by atoms with Gasteiger partial charge in [-0.15, -0.1) is 11.3 Å². The minimum Gasteiger partial charge on any atom is -0.344 e. The van der Waals surface area contributed by atoms with E-state index in [2.05, 4.69) is 31.2 Å². The van der Waals surface area contributed by atoms with Crippen molar-refractivity contribution in [1.29, 1.82) is 0 Å². The lowest BCUT2D eigenvalue weighted by atomic mass is 10.1. The summed E-state index contributed by atoms with van der Waals surface area (Å²) < 4.78 is 0. The van der Waals surface area contributed by atoms with Gasteiger partial charge in [-0.3, -0.25) is 9.89 Å². The van der Waals surface area contributed by atoms with Gasteiger partial charge in [0.05, 0.1) is 12.2 Å². The molecule has 3 N–H and O–H groups in total. The molecule has 1 saturated carbocycles. The zero-order valence-electron chi connectivity index (χ0n) is 11.6. The summed E-state index contributed by atoms with van der Waals surface area (Å²) in [5.74, 6) is 0.537. The Hall–Kier alpha value is -1.73. The number of carbonyl (C=O) groups excluding carboxylic acids is 1. The lowest BCUT2D eigenvalue weighted by Crippen LogP contribution is -2.28. The average molecular weight is 303 g/mol. The molecule has 0 radical (unpaired) electrons. The predicted molar refractivity (Wildman–Crippen MR) is 79.3 cm³/mol. The second-order valence-corrected chi connectivity index (χ2v) is 6.52. The van der Waals surface area contributed by atoms with Crippen LogP contribution in [-0.2, 0) is 19.5 Å². The SMILES string of the molecule is O=C(NCc1nc(C2CC2)cs1)c1n[nH]c2c1CNCC2. The molecule has 1 amide bonds. The largest absolute Gasteiger partial charge is 0.344 e. The Morgan fingerprint density at radius 2 is 2.38 bits per heavy atom. The summed E-state index contributed by atoms with van der Waals surface area (Å²) >= 11 is 1.62. The fraction of sp³-hybridized carbons (Fsp3) is 0.500. The van der Waals surface area contributed by atoms with Gasteiger partial charge in [-0.2, -0.15) is 5.10 Å². The van der Waals surface area contributed by atoms with Crippen molar-refractivity contribution >= 4 is 17.2 Å². The molecule has 0 aromatic carbocycles. The Bertz CT molecular complexity index is 673. The zero-order valence-corrected chi connectivity index (χ0v) is 12.4. The van der Waals surface area contributed by atoms with Crippen molar-refractivity contribution in [2.75, 3.05) is 6.54 Å². The number of carbonyl (C=O) groups is 1. The number of H-pyrrole nitrogens is 1. The fourth-order valence-electron chi connectivity index (χ4n) is 2.63. The highest BCUT2D eigenvalue weighted by Gasteiger charge is 2.26. The molecule has 4 rings (SSSR count). The quantitative estimate of drug-likeness (QED) is 0.795. The van der Waals surface area contributed by atoms with E-state index in [1.165, 1.54) is 18.5 Å². The van der Waals surface area contributed by atoms with Gasteiger partial charge in [0.1, 0.15) is 5.01 Å². The van der Waals surface area contributed by atoms with Crippen molar-refractivity contribution in [2.24, 2.45) is 0 Å². The highest BCUT2D eigenvalue weighted by molar-refractivity contribution is 7.09. The molecule has 1 fully saturated rings. The van der Waals surface area contributed by atoms with Crippen molar-refractivity contribution < 1.29 is 4.79 Å². The van der Waals surface area contributed by atoms with Crippen LogP contribution in [0.3, 0.4) is 0 Å². The van der Waals surface area contributed by atoms with Crippen LogP contribution in [0.4, 0.5) is 0 Å². The molecule has 7 heteroatoms. The topological polar surface area (TPSA) is 82.7 Å². The molecule has 1 aliphatic carbocycles. The van der Waals surface area contributed by atoms with Gasteiger partial charge in [0, 0.05) is 42.1 Å². The second-order valence-electron chi connectivity index (χ2n) is 5.58. The predicted octanol–water partition coefficient (Wildman–Crippen LogP) is 1.32. The number of aromatic amines is 1. The standard InChI is InChI=1S/C14H17N5OS/c20-14(13-9-5-15-4-3-10(9)18-19-13)16-6-12-17-11(7-21-12)8-1-2-8/h7-8,15H,1-6H2,(H,16,20)(H,18,19). The van der Waals surface area contributed by atoms with Crippen LogP contribution in [0.2, 0.25) is 0 Å². The molecule has 0 spiro atoms. The Balaban J connectivity index is 1.42. The Kier molecular flexibility index (Phi) is 3.23. The number of nitrogens with one attached hydrogen (secondary N) is 3. The molecule has 2 aromatic rings. The van der Waals surface area contributed by atoms with Crippen molar-refractivity contribution in [3.63, 3.8) is 0 Å². The van der Waals surface area contributed by atoms with Crippen LogP contribution in [0.25, 0.3) is 0 Å². The lowest BCUT2D eigenvalue weighted by Gasteiger charge is -2.12. The number of fused-ring (bicyclic) bond motifs is 1. The minimum atomic E-state index is -0.126. The van der Waals surface area contributed by atoms with Gasteiger partial charge in [-0.1, -0.05) is 0 Å². The van der Waals surface area contributed by atoms with Crippen LogP contribution in [-0.4, -0.2) is 27.6 Å². The van der Waals surface area contributed by atoms with E-state index in [1.807, 2.05) is 0 Å². The van der Waals surface area contributed by atoms with Gasteiger partial charge in [0.25, 0.3) is 5.91 Å². The number of amides is 1. The maximum absolute atomic E-state index is 12.3. The summed E-state index contributed by atoms with van der Waals surface area (Å²) in [5, 5.41) is 16.4. The number of rotatable bonds is 4. The molecule has 3 heterocycles. The van der Waals surface area contributed by atoms with E-state index in [9.17, 15) is 4.79 Å². The number of aromatic nitrogens is 3. The summed E-state index contributed by atoms with van der Waals surface area (Å²) in [7, 11) is 0. The first-order chi connectivity index (χ1) is 10.3. The first-order valence-corrected chi connectivity index (χ1v) is 8.18. The lowest BCUT2D eigenvalue weighted by molar-refractivity contribution is 0.0944. The molecule has 21 heavy (non-hydrogen) atoms. The van der Waals surface area contributed by atoms with Crippen molar-refractivity contribution in [1.82, 2.24) is 25.8 Å². The van der Waals surface area contributed by atoms with E-state index in [0.29, 0.717) is 24.7 Å². The monoisotopic (exact) mass is 303 g/mol. The summed E-state index contributed by atoms with van der Waals surface area (Å²) in [4.78, 5) is 16.8. The maximum Gasteiger partial charge on any atom is 0.272 e. The molecule has 2 aromatic heterocycles. The third kappa shape index (κ3) is 2.58. The van der Waals surface area contributed by atoms with Gasteiger partial charge in [-0.25, -0.2) is 4.98 Å². The highest BCUT2D eigenvalue weighted by Crippen LogP contribution is 2.40. The smallest absolute Gasteiger partial charge is 0.272 e. The van der Waals surface area contributed by atoms with E-state index in [0.717, 1.165) is 29.2 Å². The minimum absolute atomic E-state index is 0.126. The van der Waals surface area contributed by atoms with E-state index in [4.69, 9.17) is 0 Å². The first kappa shape index (κ1) is 13.0. The molecule has 0 saturated heterocycles. The van der Waals surface area contributed by atoms with Crippen LogP contribution in [0, 0.1) is 0 Å². The summed E-state index contributed by atoms with van der Waals surface area (Å²) in [6, 6.07) is 0. The zero-order chi connectivity index (χ0) is 14.2. The van der Waals surface area contributed by atoms with Crippen LogP contribution in [0.5, 0.6) is 0 Å². The van der Waals surface area contributed by atoms with Crippen LogP contribution in [0.1, 0.15) is 51.2 Å². The molecule has 1 aliphatic heterocycles. The Morgan fingerprint density at radius 1 is 1.48 bits per heavy atom. The average Bonchev–Trinajstić information content (AvgIpc) is 3.10. The first-order valence-electron chi connectivity index (χ1n) is 7.30.